The molecule has 0 saturated heterocycles. The molecule has 32 heavy (non-hydrogen) atoms. The Bertz CT molecular complexity index is 1160. The van der Waals surface area contributed by atoms with Crippen molar-refractivity contribution in [3.63, 3.8) is 0 Å². The van der Waals surface area contributed by atoms with Crippen LogP contribution in [0.5, 0.6) is 11.5 Å². The highest BCUT2D eigenvalue weighted by Gasteiger charge is 2.73. The summed E-state index contributed by atoms with van der Waals surface area (Å²) >= 11 is 6.08. The summed E-state index contributed by atoms with van der Waals surface area (Å²) in [5.41, 5.74) is -2.22. The van der Waals surface area contributed by atoms with Gasteiger partial charge in [-0.2, -0.15) is 0 Å². The van der Waals surface area contributed by atoms with Crippen LogP contribution in [0.15, 0.2) is 66.9 Å². The number of aliphatic hydroxyl groups is 2. The van der Waals surface area contributed by atoms with Gasteiger partial charge in [0.15, 0.2) is 11.2 Å². The molecule has 1 fully saturated rings. The van der Waals surface area contributed by atoms with Gasteiger partial charge in [-0.15, -0.1) is 13.2 Å². The molecule has 3 aromatic rings. The number of benzene rings is 2. The van der Waals surface area contributed by atoms with Gasteiger partial charge in [0.05, 0.1) is 11.1 Å². The average molecular weight is 464 g/mol. The topological polar surface area (TPSA) is 71.8 Å². The quantitative estimate of drug-likeness (QED) is 0.591. The number of hydrogen-bond acceptors (Lipinski definition) is 5. The van der Waals surface area contributed by atoms with Gasteiger partial charge in [0.1, 0.15) is 17.2 Å². The highest BCUT2D eigenvalue weighted by atomic mass is 35.5. The Labute approximate surface area is 186 Å². The number of aliphatic hydroxyl groups excluding tert-OH is 1. The van der Waals surface area contributed by atoms with Crippen LogP contribution >= 0.6 is 11.6 Å². The number of ether oxygens (including phenoxy) is 2. The molecule has 2 N–H and O–H groups in total. The zero-order chi connectivity index (χ0) is 22.7. The van der Waals surface area contributed by atoms with Crippen molar-refractivity contribution in [3.8, 4) is 11.5 Å². The molecule has 1 aliphatic carbocycles. The lowest BCUT2D eigenvalue weighted by molar-refractivity contribution is -0.274. The lowest BCUT2D eigenvalue weighted by atomic mass is 9.72. The minimum atomic E-state index is -4.84. The zero-order valence-electron chi connectivity index (χ0n) is 16.4. The summed E-state index contributed by atoms with van der Waals surface area (Å²) < 4.78 is 48.2. The molecule has 1 saturated carbocycles. The maximum absolute atomic E-state index is 12.6. The Kier molecular flexibility index (Phi) is 4.67. The molecule has 0 amide bonds. The minimum absolute atomic E-state index is 0.128. The molecule has 0 bridgehead atoms. The summed E-state index contributed by atoms with van der Waals surface area (Å²) in [5.74, 6) is -0.742. The first kappa shape index (κ1) is 21.1. The van der Waals surface area contributed by atoms with E-state index >= 15 is 0 Å². The molecular weight excluding hydrogens is 447 g/mol. The van der Waals surface area contributed by atoms with Crippen molar-refractivity contribution in [3.05, 3.63) is 88.7 Å². The standard InChI is InChI=1S/C23H17ClF3NO4/c24-15-10-18-20(28-12-15)21(30)19(29)11-17(13-4-2-1-3-5-13)22(21,32-18)14-6-8-16(9-7-14)31-23(25,26)27/h1-10,12,17,19,29-30H,11H2/t17-,19+,21+,22-/m0/s1. The van der Waals surface area contributed by atoms with Crippen LogP contribution in [0.2, 0.25) is 5.02 Å². The van der Waals surface area contributed by atoms with Gasteiger partial charge in [-0.25, -0.2) is 0 Å². The molecule has 1 aliphatic heterocycles. The lowest BCUT2D eigenvalue weighted by Crippen LogP contribution is -2.52. The van der Waals surface area contributed by atoms with E-state index in [4.69, 9.17) is 16.3 Å². The van der Waals surface area contributed by atoms with Crippen LogP contribution in [-0.2, 0) is 11.2 Å². The van der Waals surface area contributed by atoms with Gasteiger partial charge in [0, 0.05) is 18.2 Å². The summed E-state index contributed by atoms with van der Waals surface area (Å²) in [6.07, 6.45) is -4.60. The molecule has 2 aliphatic rings. The first-order chi connectivity index (χ1) is 15.1. The maximum atomic E-state index is 12.6. The fraction of sp³-hybridized carbons (Fsp3) is 0.261. The predicted octanol–water partition coefficient (Wildman–Crippen LogP) is 4.66. The normalized spacial score (nSPS) is 28.7. The van der Waals surface area contributed by atoms with Crippen LogP contribution in [0.25, 0.3) is 0 Å². The maximum Gasteiger partial charge on any atom is 0.573 e. The molecule has 4 atom stereocenters. The van der Waals surface area contributed by atoms with Gasteiger partial charge in [0.2, 0.25) is 0 Å². The molecule has 5 nitrogen and oxygen atoms in total. The fourth-order valence-electron chi connectivity index (χ4n) is 4.95. The molecule has 0 unspecified atom stereocenters. The molecule has 1 aromatic heterocycles. The third-order valence-corrected chi connectivity index (χ3v) is 6.37. The highest BCUT2D eigenvalue weighted by Crippen LogP contribution is 2.66. The number of halogens is 4. The van der Waals surface area contributed by atoms with E-state index < -0.39 is 35.3 Å². The monoisotopic (exact) mass is 463 g/mol. The number of pyridine rings is 1. The van der Waals surface area contributed by atoms with E-state index in [1.807, 2.05) is 30.3 Å². The SMILES string of the molecule is O[C@@H]1C[C@@H](c2ccccc2)[C@]2(c3ccc(OC(F)(F)F)cc3)Oc3cc(Cl)cnc3[C@]12O. The Morgan fingerprint density at radius 2 is 1.78 bits per heavy atom. The lowest BCUT2D eigenvalue weighted by Gasteiger charge is -2.40. The van der Waals surface area contributed by atoms with E-state index in [0.717, 1.165) is 17.7 Å². The summed E-state index contributed by atoms with van der Waals surface area (Å²) in [5, 5.41) is 23.3. The number of aromatic nitrogens is 1. The van der Waals surface area contributed by atoms with E-state index in [2.05, 4.69) is 9.72 Å². The van der Waals surface area contributed by atoms with Crippen LogP contribution in [0.3, 0.4) is 0 Å². The van der Waals surface area contributed by atoms with Gasteiger partial charge in [-0.1, -0.05) is 54.1 Å². The number of hydrogen-bond donors (Lipinski definition) is 2. The van der Waals surface area contributed by atoms with Gasteiger partial charge in [0.25, 0.3) is 0 Å². The van der Waals surface area contributed by atoms with E-state index in [-0.39, 0.29) is 22.9 Å². The molecule has 2 heterocycles. The van der Waals surface area contributed by atoms with Gasteiger partial charge in [-0.3, -0.25) is 4.98 Å². The molecule has 2 aromatic carbocycles. The van der Waals surface area contributed by atoms with Crippen molar-refractivity contribution >= 4 is 11.6 Å². The van der Waals surface area contributed by atoms with Crippen molar-refractivity contribution in [2.45, 2.75) is 36.0 Å². The van der Waals surface area contributed by atoms with Crippen molar-refractivity contribution < 1.29 is 32.9 Å². The van der Waals surface area contributed by atoms with E-state index in [1.165, 1.54) is 24.4 Å². The molecular formula is C23H17ClF3NO4. The first-order valence-electron chi connectivity index (χ1n) is 9.82. The Balaban J connectivity index is 1.70. The van der Waals surface area contributed by atoms with Crippen LogP contribution in [0.4, 0.5) is 13.2 Å². The second-order valence-electron chi connectivity index (χ2n) is 7.89. The van der Waals surface area contributed by atoms with Gasteiger partial charge in [-0.05, 0) is 29.7 Å². The third kappa shape index (κ3) is 2.97. The smallest absolute Gasteiger partial charge is 0.476 e. The summed E-state index contributed by atoms with van der Waals surface area (Å²) in [7, 11) is 0. The fourth-order valence-corrected chi connectivity index (χ4v) is 5.10. The summed E-state index contributed by atoms with van der Waals surface area (Å²) in [4.78, 5) is 4.25. The average Bonchev–Trinajstić information content (AvgIpc) is 3.13. The van der Waals surface area contributed by atoms with Crippen molar-refractivity contribution in [2.75, 3.05) is 0 Å². The number of nitrogens with zero attached hydrogens (tertiary/aromatic N) is 1. The van der Waals surface area contributed by atoms with Crippen molar-refractivity contribution in [1.29, 1.82) is 0 Å². The van der Waals surface area contributed by atoms with Crippen LogP contribution in [0.1, 0.15) is 29.2 Å². The van der Waals surface area contributed by atoms with E-state index in [0.29, 0.717) is 5.56 Å². The molecule has 0 radical (unpaired) electrons. The zero-order valence-corrected chi connectivity index (χ0v) is 17.1. The van der Waals surface area contributed by atoms with Gasteiger partial charge >= 0.3 is 6.36 Å². The number of rotatable bonds is 3. The largest absolute Gasteiger partial charge is 0.573 e. The predicted molar refractivity (Wildman–Crippen MR) is 108 cm³/mol. The third-order valence-electron chi connectivity index (χ3n) is 6.17. The molecule has 5 rings (SSSR count). The second kappa shape index (κ2) is 7.10. The van der Waals surface area contributed by atoms with Crippen molar-refractivity contribution in [1.82, 2.24) is 4.98 Å². The van der Waals surface area contributed by atoms with Crippen LogP contribution < -0.4 is 9.47 Å². The molecule has 9 heteroatoms. The van der Waals surface area contributed by atoms with Crippen LogP contribution in [0, 0.1) is 0 Å². The summed E-state index contributed by atoms with van der Waals surface area (Å²) in [6, 6.07) is 15.8. The number of alkyl halides is 3. The highest BCUT2D eigenvalue weighted by molar-refractivity contribution is 6.30. The Morgan fingerprint density at radius 3 is 2.44 bits per heavy atom. The summed E-state index contributed by atoms with van der Waals surface area (Å²) in [6.45, 7) is 0. The first-order valence-corrected chi connectivity index (χ1v) is 10.2. The van der Waals surface area contributed by atoms with Crippen molar-refractivity contribution in [2.24, 2.45) is 0 Å². The Morgan fingerprint density at radius 1 is 1.09 bits per heavy atom. The molecule has 166 valence electrons. The van der Waals surface area contributed by atoms with E-state index in [1.54, 1.807) is 0 Å². The van der Waals surface area contributed by atoms with Gasteiger partial charge < -0.3 is 19.7 Å². The molecule has 0 spiro atoms. The van der Waals surface area contributed by atoms with E-state index in [9.17, 15) is 23.4 Å². The van der Waals surface area contributed by atoms with Crippen LogP contribution in [-0.4, -0.2) is 27.7 Å². The minimum Gasteiger partial charge on any atom is -0.476 e. The second-order valence-corrected chi connectivity index (χ2v) is 8.33. The number of fused-ring (bicyclic) bond motifs is 3. The Hall–Kier alpha value is -2.81.